The first-order chi connectivity index (χ1) is 18.1. The zero-order valence-electron chi connectivity index (χ0n) is 21.7. The van der Waals surface area contributed by atoms with Gasteiger partial charge in [0.1, 0.15) is 11.9 Å². The van der Waals surface area contributed by atoms with Gasteiger partial charge in [0.05, 0.1) is 23.3 Å². The van der Waals surface area contributed by atoms with E-state index in [0.29, 0.717) is 11.6 Å². The molecule has 1 aromatic carbocycles. The second-order valence-corrected chi connectivity index (χ2v) is 10.7. The summed E-state index contributed by atoms with van der Waals surface area (Å²) in [5, 5.41) is 14.1. The first-order valence-corrected chi connectivity index (χ1v) is 13.4. The third-order valence-electron chi connectivity index (χ3n) is 7.93. The van der Waals surface area contributed by atoms with Gasteiger partial charge >= 0.3 is 0 Å². The van der Waals surface area contributed by atoms with Crippen molar-refractivity contribution in [3.8, 4) is 6.07 Å². The molecule has 8 heteroatoms. The van der Waals surface area contributed by atoms with Crippen LogP contribution in [0.5, 0.6) is 0 Å². The number of hydrogen-bond donors (Lipinski definition) is 1. The van der Waals surface area contributed by atoms with Crippen molar-refractivity contribution in [1.29, 1.82) is 5.26 Å². The Balaban J connectivity index is 1.10. The van der Waals surface area contributed by atoms with Gasteiger partial charge in [0, 0.05) is 81.9 Å². The summed E-state index contributed by atoms with van der Waals surface area (Å²) in [5.41, 5.74) is 5.30. The highest BCUT2D eigenvalue weighted by Crippen LogP contribution is 2.30. The quantitative estimate of drug-likeness (QED) is 0.589. The normalized spacial score (nSPS) is 24.6. The summed E-state index contributed by atoms with van der Waals surface area (Å²) in [5.74, 6) is 1.10. The first kappa shape index (κ1) is 24.1. The smallest absolute Gasteiger partial charge is 0.128 e. The lowest BCUT2D eigenvalue weighted by Gasteiger charge is -2.42. The summed E-state index contributed by atoms with van der Waals surface area (Å²) in [6, 6.07) is 13.1. The van der Waals surface area contributed by atoms with E-state index < -0.39 is 0 Å². The van der Waals surface area contributed by atoms with Crippen LogP contribution in [0.3, 0.4) is 0 Å². The maximum absolute atomic E-state index is 9.52. The molecule has 3 aromatic rings. The van der Waals surface area contributed by atoms with Crippen molar-refractivity contribution in [3.63, 3.8) is 0 Å². The molecule has 5 heterocycles. The molecule has 2 unspecified atom stereocenters. The van der Waals surface area contributed by atoms with E-state index >= 15 is 0 Å². The fourth-order valence-electron chi connectivity index (χ4n) is 6.03. The zero-order valence-corrected chi connectivity index (χ0v) is 21.7. The van der Waals surface area contributed by atoms with E-state index in [-0.39, 0.29) is 12.2 Å². The predicted octanol–water partition coefficient (Wildman–Crippen LogP) is 2.95. The minimum absolute atomic E-state index is 0.132. The topological polar surface area (TPSA) is 80.6 Å². The Hall–Kier alpha value is -3.25. The number of morpholine rings is 1. The lowest BCUT2D eigenvalue weighted by Crippen LogP contribution is -2.54. The van der Waals surface area contributed by atoms with Crippen molar-refractivity contribution >= 4 is 22.4 Å². The number of piperazine rings is 1. The SMILES string of the molecule is CC1CN(c2ccc(C#N)c3ncccc23)CC(CN2CCN(c3cc4c(cn3)C[C@@H](C)NC4)CC2)O1. The highest BCUT2D eigenvalue weighted by atomic mass is 16.5. The van der Waals surface area contributed by atoms with Crippen molar-refractivity contribution in [1.82, 2.24) is 20.2 Å². The van der Waals surface area contributed by atoms with Crippen LogP contribution in [-0.2, 0) is 17.7 Å². The van der Waals surface area contributed by atoms with E-state index in [1.54, 1.807) is 6.20 Å². The lowest BCUT2D eigenvalue weighted by molar-refractivity contribution is -0.0327. The van der Waals surface area contributed by atoms with Gasteiger partial charge in [0.15, 0.2) is 0 Å². The van der Waals surface area contributed by atoms with Crippen molar-refractivity contribution in [3.05, 3.63) is 59.4 Å². The van der Waals surface area contributed by atoms with Crippen LogP contribution in [0.1, 0.15) is 30.5 Å². The Morgan fingerprint density at radius 2 is 1.92 bits per heavy atom. The number of benzene rings is 1. The number of fused-ring (bicyclic) bond motifs is 2. The summed E-state index contributed by atoms with van der Waals surface area (Å²) >= 11 is 0. The Morgan fingerprint density at radius 1 is 1.05 bits per heavy atom. The van der Waals surface area contributed by atoms with Gasteiger partial charge in [-0.05, 0) is 61.7 Å². The Labute approximate surface area is 218 Å². The van der Waals surface area contributed by atoms with Gasteiger partial charge in [0.25, 0.3) is 0 Å². The zero-order chi connectivity index (χ0) is 25.4. The van der Waals surface area contributed by atoms with Crippen LogP contribution in [0.25, 0.3) is 10.9 Å². The molecular weight excluding hydrogens is 462 g/mol. The highest BCUT2D eigenvalue weighted by Gasteiger charge is 2.30. The highest BCUT2D eigenvalue weighted by molar-refractivity contribution is 5.95. The lowest BCUT2D eigenvalue weighted by atomic mass is 9.98. The Kier molecular flexibility index (Phi) is 6.68. The summed E-state index contributed by atoms with van der Waals surface area (Å²) in [4.78, 5) is 16.7. The molecule has 0 aliphatic carbocycles. The molecule has 37 heavy (non-hydrogen) atoms. The molecule has 192 valence electrons. The molecule has 2 aromatic heterocycles. The molecule has 0 bridgehead atoms. The second kappa shape index (κ2) is 10.3. The third kappa shape index (κ3) is 4.99. The van der Waals surface area contributed by atoms with Crippen LogP contribution < -0.4 is 15.1 Å². The molecule has 0 saturated carbocycles. The van der Waals surface area contributed by atoms with E-state index in [1.807, 2.05) is 12.1 Å². The summed E-state index contributed by atoms with van der Waals surface area (Å²) in [6.07, 6.45) is 5.17. The standard InChI is InChI=1S/C29H35N7O/c1-20-12-23-16-33-28(13-24(23)15-32-20)35-10-8-34(9-11-35)18-25-19-36(17-21(2)37-25)27-6-5-22(14-30)29-26(27)4-3-7-31-29/h3-7,13,16,20-21,25,32H,8-12,15,17-19H2,1-2H3/t20-,21?,25?/m1/s1. The Morgan fingerprint density at radius 3 is 2.76 bits per heavy atom. The fraction of sp³-hybridized carbons (Fsp3) is 0.483. The van der Waals surface area contributed by atoms with E-state index in [1.165, 1.54) is 11.1 Å². The molecule has 3 atom stereocenters. The minimum atomic E-state index is 0.132. The maximum Gasteiger partial charge on any atom is 0.128 e. The van der Waals surface area contributed by atoms with Crippen LogP contribution in [0.4, 0.5) is 11.5 Å². The van der Waals surface area contributed by atoms with Crippen LogP contribution >= 0.6 is 0 Å². The number of nitriles is 1. The van der Waals surface area contributed by atoms with Gasteiger partial charge in [-0.1, -0.05) is 0 Å². The van der Waals surface area contributed by atoms with Crippen molar-refractivity contribution in [2.24, 2.45) is 0 Å². The molecule has 2 saturated heterocycles. The predicted molar refractivity (Wildman–Crippen MR) is 146 cm³/mol. The molecule has 6 rings (SSSR count). The fourth-order valence-corrected chi connectivity index (χ4v) is 6.03. The van der Waals surface area contributed by atoms with Crippen LogP contribution in [0.15, 0.2) is 42.7 Å². The molecule has 3 aliphatic rings. The third-order valence-corrected chi connectivity index (χ3v) is 7.93. The largest absolute Gasteiger partial charge is 0.370 e. The van der Waals surface area contributed by atoms with Crippen molar-refractivity contribution in [2.45, 2.75) is 45.1 Å². The van der Waals surface area contributed by atoms with Gasteiger partial charge in [-0.25, -0.2) is 4.98 Å². The van der Waals surface area contributed by atoms with Crippen molar-refractivity contribution in [2.75, 3.05) is 55.6 Å². The van der Waals surface area contributed by atoms with E-state index in [9.17, 15) is 5.26 Å². The number of anilines is 2. The summed E-state index contributed by atoms with van der Waals surface area (Å²) < 4.78 is 6.40. The average Bonchev–Trinajstić information content (AvgIpc) is 2.92. The van der Waals surface area contributed by atoms with E-state index in [4.69, 9.17) is 9.72 Å². The van der Waals surface area contributed by atoms with Crippen LogP contribution in [-0.4, -0.2) is 78.9 Å². The molecule has 2 fully saturated rings. The van der Waals surface area contributed by atoms with E-state index in [0.717, 1.165) is 81.2 Å². The van der Waals surface area contributed by atoms with E-state index in [2.05, 4.69) is 69.3 Å². The number of aromatic nitrogens is 2. The van der Waals surface area contributed by atoms with Crippen molar-refractivity contribution < 1.29 is 4.74 Å². The van der Waals surface area contributed by atoms with Gasteiger partial charge in [-0.15, -0.1) is 0 Å². The molecule has 3 aliphatic heterocycles. The number of rotatable bonds is 4. The number of nitrogens with zero attached hydrogens (tertiary/aromatic N) is 6. The number of hydrogen-bond acceptors (Lipinski definition) is 8. The van der Waals surface area contributed by atoms with Crippen LogP contribution in [0.2, 0.25) is 0 Å². The van der Waals surface area contributed by atoms with Gasteiger partial charge in [-0.3, -0.25) is 9.88 Å². The first-order valence-electron chi connectivity index (χ1n) is 13.4. The molecule has 0 spiro atoms. The molecule has 8 nitrogen and oxygen atoms in total. The number of nitrogens with one attached hydrogen (secondary N) is 1. The molecule has 1 N–H and O–H groups in total. The summed E-state index contributed by atoms with van der Waals surface area (Å²) in [6.45, 7) is 11.9. The monoisotopic (exact) mass is 497 g/mol. The Bertz CT molecular complexity index is 1310. The number of ether oxygens (including phenoxy) is 1. The minimum Gasteiger partial charge on any atom is -0.370 e. The van der Waals surface area contributed by atoms with Gasteiger partial charge in [0.2, 0.25) is 0 Å². The molecule has 0 amide bonds. The number of pyridine rings is 2. The van der Waals surface area contributed by atoms with Gasteiger partial charge < -0.3 is 19.9 Å². The van der Waals surface area contributed by atoms with Crippen LogP contribution in [0, 0.1) is 11.3 Å². The second-order valence-electron chi connectivity index (χ2n) is 10.7. The average molecular weight is 498 g/mol. The maximum atomic E-state index is 9.52. The molecule has 0 radical (unpaired) electrons. The molecular formula is C29H35N7O. The summed E-state index contributed by atoms with van der Waals surface area (Å²) in [7, 11) is 0. The van der Waals surface area contributed by atoms with Gasteiger partial charge in [-0.2, -0.15) is 5.26 Å².